The average Bonchev–Trinajstić information content (AvgIpc) is 3.41. The number of aliphatic hydroxyl groups is 2. The maximum atomic E-state index is 12.2. The summed E-state index contributed by atoms with van der Waals surface area (Å²) in [6.07, 6.45) is 7.07. The molecular weight excluding hydrogens is 492 g/mol. The van der Waals surface area contributed by atoms with E-state index in [1.807, 2.05) is 0 Å². The van der Waals surface area contributed by atoms with E-state index in [0.29, 0.717) is 43.3 Å². The van der Waals surface area contributed by atoms with Gasteiger partial charge in [-0.05, 0) is 109 Å². The van der Waals surface area contributed by atoms with Crippen LogP contribution in [-0.2, 0) is 9.47 Å². The zero-order valence-corrected chi connectivity index (χ0v) is 25.5. The van der Waals surface area contributed by atoms with Gasteiger partial charge in [0.25, 0.3) is 0 Å². The number of rotatable bonds is 3. The predicted octanol–water partition coefficient (Wildman–Crippen LogP) is 6.64. The first-order valence-corrected chi connectivity index (χ1v) is 18.2. The van der Waals surface area contributed by atoms with Gasteiger partial charge in [-0.25, -0.2) is 0 Å². The molecule has 212 valence electrons. The van der Waals surface area contributed by atoms with E-state index in [2.05, 4.69) is 65.1 Å². The normalized spacial score (nSPS) is 42.4. The van der Waals surface area contributed by atoms with Crippen LogP contribution in [0, 0.1) is 29.1 Å². The van der Waals surface area contributed by atoms with Gasteiger partial charge >= 0.3 is 0 Å². The summed E-state index contributed by atoms with van der Waals surface area (Å²) in [5.74, 6) is 2.46. The number of hydrogen-bond donors (Lipinski definition) is 2. The molecule has 1 aromatic rings. The molecule has 2 N–H and O–H groups in total. The van der Waals surface area contributed by atoms with Crippen LogP contribution < -0.4 is 4.43 Å². The predicted molar refractivity (Wildman–Crippen MR) is 152 cm³/mol. The monoisotopic (exact) mass is 542 g/mol. The van der Waals surface area contributed by atoms with Gasteiger partial charge in [0.15, 0.2) is 5.79 Å². The lowest BCUT2D eigenvalue weighted by molar-refractivity contribution is -0.258. The van der Waals surface area contributed by atoms with Crippen LogP contribution in [0.25, 0.3) is 0 Å². The van der Waals surface area contributed by atoms with Crippen LogP contribution in [0.3, 0.4) is 0 Å². The second kappa shape index (κ2) is 9.04. The van der Waals surface area contributed by atoms with Crippen LogP contribution in [0.4, 0.5) is 0 Å². The molecule has 0 aromatic heterocycles. The fourth-order valence-electron chi connectivity index (χ4n) is 9.27. The summed E-state index contributed by atoms with van der Waals surface area (Å²) >= 11 is 0. The quantitative estimate of drug-likeness (QED) is 0.419. The van der Waals surface area contributed by atoms with Crippen molar-refractivity contribution in [2.75, 3.05) is 13.2 Å². The number of fused-ring (bicyclic) bond motifs is 5. The topological polar surface area (TPSA) is 68.2 Å². The Labute approximate surface area is 230 Å². The van der Waals surface area contributed by atoms with Gasteiger partial charge in [0.2, 0.25) is 8.32 Å². The Morgan fingerprint density at radius 3 is 2.29 bits per heavy atom. The van der Waals surface area contributed by atoms with Crippen molar-refractivity contribution in [2.24, 2.45) is 29.1 Å². The van der Waals surface area contributed by atoms with E-state index >= 15 is 0 Å². The molecule has 0 unspecified atom stereocenters. The van der Waals surface area contributed by atoms with E-state index in [1.165, 1.54) is 5.56 Å². The van der Waals surface area contributed by atoms with E-state index in [0.717, 1.165) is 50.7 Å². The van der Waals surface area contributed by atoms with Crippen LogP contribution in [0.5, 0.6) is 5.75 Å². The third-order valence-corrected chi connectivity index (χ3v) is 16.6. The highest BCUT2D eigenvalue weighted by Crippen LogP contribution is 2.67. The Morgan fingerprint density at radius 2 is 1.63 bits per heavy atom. The van der Waals surface area contributed by atoms with Crippen molar-refractivity contribution in [2.45, 2.75) is 121 Å². The lowest BCUT2D eigenvalue weighted by atomic mass is 9.45. The second-order valence-corrected chi connectivity index (χ2v) is 20.0. The van der Waals surface area contributed by atoms with Gasteiger partial charge < -0.3 is 24.1 Å². The molecule has 5 aliphatic rings. The Balaban J connectivity index is 1.33. The van der Waals surface area contributed by atoms with Crippen molar-refractivity contribution >= 4 is 8.32 Å². The maximum absolute atomic E-state index is 12.2. The van der Waals surface area contributed by atoms with Crippen LogP contribution in [0.2, 0.25) is 18.1 Å². The molecule has 1 spiro atoms. The minimum Gasteiger partial charge on any atom is -0.544 e. The Kier molecular flexibility index (Phi) is 6.48. The molecule has 1 heterocycles. The van der Waals surface area contributed by atoms with Gasteiger partial charge in [-0.2, -0.15) is 0 Å². The van der Waals surface area contributed by atoms with Crippen LogP contribution in [0.15, 0.2) is 24.3 Å². The Hall–Kier alpha value is -0.923. The molecule has 1 saturated heterocycles. The molecule has 6 heteroatoms. The highest BCUT2D eigenvalue weighted by atomic mass is 28.4. The molecule has 0 bridgehead atoms. The van der Waals surface area contributed by atoms with E-state index in [4.69, 9.17) is 13.9 Å². The average molecular weight is 543 g/mol. The lowest BCUT2D eigenvalue weighted by Crippen LogP contribution is -2.61. The van der Waals surface area contributed by atoms with E-state index < -0.39 is 19.7 Å². The fourth-order valence-corrected chi connectivity index (χ4v) is 10.3. The first-order valence-electron chi connectivity index (χ1n) is 15.2. The highest BCUT2D eigenvalue weighted by Gasteiger charge is 2.64. The van der Waals surface area contributed by atoms with Crippen molar-refractivity contribution in [3.05, 3.63) is 29.8 Å². The van der Waals surface area contributed by atoms with Crippen molar-refractivity contribution in [1.82, 2.24) is 0 Å². The summed E-state index contributed by atoms with van der Waals surface area (Å²) < 4.78 is 18.8. The number of hydrogen-bond acceptors (Lipinski definition) is 5. The van der Waals surface area contributed by atoms with Crippen molar-refractivity contribution < 1.29 is 24.1 Å². The first-order chi connectivity index (χ1) is 17.8. The standard InChI is InChI=1S/C32H50O5Si/c1-29(2,3)38(5,6)37-22-9-7-21(8-10-22)24-19-30(4)25(11-12-27(30)33)23-13-15-31(34)20-32(35-17-18-36-32)16-14-26(31)28(23)24/h7-10,23-28,33-34H,11-20H2,1-6H3/t23-,24+,25-,26+,27-,28+,30-,31+/m0/s1. The summed E-state index contributed by atoms with van der Waals surface area (Å²) in [6.45, 7) is 15.1. The smallest absolute Gasteiger partial charge is 0.250 e. The molecule has 1 aliphatic heterocycles. The van der Waals surface area contributed by atoms with Gasteiger partial charge in [0.1, 0.15) is 5.75 Å². The molecule has 8 atom stereocenters. The van der Waals surface area contributed by atoms with Gasteiger partial charge in [0.05, 0.1) is 24.9 Å². The Morgan fingerprint density at radius 1 is 0.947 bits per heavy atom. The van der Waals surface area contributed by atoms with Crippen LogP contribution >= 0.6 is 0 Å². The van der Waals surface area contributed by atoms with Crippen molar-refractivity contribution in [3.63, 3.8) is 0 Å². The molecular formula is C32H50O5Si. The summed E-state index contributed by atoms with van der Waals surface area (Å²) in [5.41, 5.74) is 0.558. The number of ether oxygens (including phenoxy) is 2. The second-order valence-electron chi connectivity index (χ2n) is 15.3. The van der Waals surface area contributed by atoms with Gasteiger partial charge in [-0.15, -0.1) is 0 Å². The summed E-state index contributed by atoms with van der Waals surface area (Å²) in [4.78, 5) is 0. The minimum atomic E-state index is -1.91. The number of benzene rings is 1. The molecule has 0 radical (unpaired) electrons. The van der Waals surface area contributed by atoms with E-state index in [1.54, 1.807) is 0 Å². The highest BCUT2D eigenvalue weighted by molar-refractivity contribution is 6.74. The van der Waals surface area contributed by atoms with E-state index in [-0.39, 0.29) is 22.5 Å². The number of aliphatic hydroxyl groups excluding tert-OH is 1. The molecule has 0 amide bonds. The molecule has 4 saturated carbocycles. The van der Waals surface area contributed by atoms with Crippen LogP contribution in [-0.4, -0.2) is 49.2 Å². The van der Waals surface area contributed by atoms with Crippen LogP contribution in [0.1, 0.15) is 90.5 Å². The minimum absolute atomic E-state index is 0.0504. The largest absolute Gasteiger partial charge is 0.544 e. The lowest BCUT2D eigenvalue weighted by Gasteiger charge is -2.62. The summed E-state index contributed by atoms with van der Waals surface area (Å²) in [6, 6.07) is 8.93. The molecule has 5 nitrogen and oxygen atoms in total. The summed E-state index contributed by atoms with van der Waals surface area (Å²) in [7, 11) is -1.91. The Bertz CT molecular complexity index is 1030. The van der Waals surface area contributed by atoms with Crippen molar-refractivity contribution in [1.29, 1.82) is 0 Å². The zero-order valence-electron chi connectivity index (χ0n) is 24.5. The third-order valence-electron chi connectivity index (χ3n) is 12.3. The van der Waals surface area contributed by atoms with Gasteiger partial charge in [-0.1, -0.05) is 39.8 Å². The molecule has 6 rings (SSSR count). The summed E-state index contributed by atoms with van der Waals surface area (Å²) in [5, 5.41) is 23.6. The molecule has 4 aliphatic carbocycles. The first kappa shape index (κ1) is 27.3. The maximum Gasteiger partial charge on any atom is 0.250 e. The van der Waals surface area contributed by atoms with Crippen molar-refractivity contribution in [3.8, 4) is 5.75 Å². The zero-order chi connectivity index (χ0) is 27.1. The van der Waals surface area contributed by atoms with E-state index in [9.17, 15) is 10.2 Å². The molecule has 5 fully saturated rings. The molecule has 38 heavy (non-hydrogen) atoms. The third kappa shape index (κ3) is 4.23. The SMILES string of the molecule is CC(C)(C)[Si](C)(C)Oc1ccc([C@H]2C[C@]3(C)[C@@H](O)CC[C@H]3[C@@H]3CC[C@@]4(O)CC5(CC[C@@H]4[C@H]32)OCCO5)cc1. The van der Waals surface area contributed by atoms with Gasteiger partial charge in [-0.3, -0.25) is 0 Å². The fraction of sp³-hybridized carbons (Fsp3) is 0.812. The van der Waals surface area contributed by atoms with Gasteiger partial charge in [0, 0.05) is 12.8 Å². The molecule has 1 aromatic carbocycles.